The molecule has 0 saturated carbocycles. The molecule has 2 rings (SSSR count). The van der Waals surface area contributed by atoms with E-state index < -0.39 is 10.0 Å². The van der Waals surface area contributed by atoms with Gasteiger partial charge in [-0.2, -0.15) is 4.31 Å². The molecule has 7 heteroatoms. The Kier molecular flexibility index (Phi) is 6.94. The van der Waals surface area contributed by atoms with Crippen LogP contribution < -0.4 is 5.32 Å². The summed E-state index contributed by atoms with van der Waals surface area (Å²) in [7, 11) is -1.60. The number of halogens is 2. The molecule has 0 bridgehead atoms. The molecule has 0 aliphatic carbocycles. The Hall–Kier alpha value is -0.330. The van der Waals surface area contributed by atoms with Crippen LogP contribution >= 0.6 is 24.0 Å². The smallest absolute Gasteiger partial charge is 0.244 e. The topological polar surface area (TPSA) is 49.4 Å². The van der Waals surface area contributed by atoms with E-state index in [1.807, 2.05) is 20.0 Å². The predicted molar refractivity (Wildman–Crippen MR) is 88.8 cm³/mol. The van der Waals surface area contributed by atoms with Gasteiger partial charge in [0.05, 0.1) is 5.02 Å². The van der Waals surface area contributed by atoms with Crippen molar-refractivity contribution in [3.63, 3.8) is 0 Å². The molecule has 0 spiro atoms. The normalized spacial score (nSPS) is 20.0. The number of hydrogen-bond acceptors (Lipinski definition) is 3. The summed E-state index contributed by atoms with van der Waals surface area (Å²) < 4.78 is 27.0. The standard InChI is InChI=1S/C14H21ClN2O2S.ClH/c1-11-5-6-13(15)14(8-11)20(18,19)17-7-3-4-12(10-17)9-16-2;/h5-6,8,12,16H,3-4,7,9-10H2,1-2H3;1H. The van der Waals surface area contributed by atoms with Crippen LogP contribution in [0.15, 0.2) is 23.1 Å². The van der Waals surface area contributed by atoms with E-state index in [2.05, 4.69) is 5.32 Å². The van der Waals surface area contributed by atoms with Crippen molar-refractivity contribution < 1.29 is 8.42 Å². The van der Waals surface area contributed by atoms with Gasteiger partial charge in [-0.15, -0.1) is 12.4 Å². The Morgan fingerprint density at radius 2 is 2.14 bits per heavy atom. The number of piperidine rings is 1. The molecule has 21 heavy (non-hydrogen) atoms. The second-order valence-corrected chi connectivity index (χ2v) is 7.68. The summed E-state index contributed by atoms with van der Waals surface area (Å²) in [6.07, 6.45) is 1.96. The summed E-state index contributed by atoms with van der Waals surface area (Å²) in [6, 6.07) is 5.12. The van der Waals surface area contributed by atoms with Crippen molar-refractivity contribution >= 4 is 34.0 Å². The highest BCUT2D eigenvalue weighted by atomic mass is 35.5. The van der Waals surface area contributed by atoms with Gasteiger partial charge in [-0.3, -0.25) is 0 Å². The summed E-state index contributed by atoms with van der Waals surface area (Å²) >= 11 is 6.08. The molecule has 1 aromatic rings. The fraction of sp³-hybridized carbons (Fsp3) is 0.571. The molecular formula is C14H22Cl2N2O2S. The number of nitrogens with zero attached hydrogens (tertiary/aromatic N) is 1. The van der Waals surface area contributed by atoms with Gasteiger partial charge >= 0.3 is 0 Å². The molecule has 0 amide bonds. The Morgan fingerprint density at radius 3 is 2.81 bits per heavy atom. The summed E-state index contributed by atoms with van der Waals surface area (Å²) in [5.41, 5.74) is 0.900. The molecular weight excluding hydrogens is 331 g/mol. The first-order chi connectivity index (χ1) is 9.45. The maximum atomic E-state index is 12.7. The molecule has 0 radical (unpaired) electrons. The van der Waals surface area contributed by atoms with Crippen LogP contribution in [0.5, 0.6) is 0 Å². The van der Waals surface area contributed by atoms with Gasteiger partial charge in [0.2, 0.25) is 10.0 Å². The van der Waals surface area contributed by atoms with Crippen LogP contribution in [-0.4, -0.2) is 39.4 Å². The van der Waals surface area contributed by atoms with Crippen LogP contribution in [-0.2, 0) is 10.0 Å². The maximum Gasteiger partial charge on any atom is 0.244 e. The van der Waals surface area contributed by atoms with Gasteiger partial charge in [0.25, 0.3) is 0 Å². The number of sulfonamides is 1. The molecule has 1 aliphatic rings. The minimum absolute atomic E-state index is 0. The van der Waals surface area contributed by atoms with Crippen molar-refractivity contribution in [1.29, 1.82) is 0 Å². The second-order valence-electron chi connectivity index (χ2n) is 5.36. The summed E-state index contributed by atoms with van der Waals surface area (Å²) in [4.78, 5) is 0.226. The highest BCUT2D eigenvalue weighted by molar-refractivity contribution is 7.89. The largest absolute Gasteiger partial charge is 0.319 e. The average Bonchev–Trinajstić information content (AvgIpc) is 2.42. The minimum Gasteiger partial charge on any atom is -0.319 e. The SMILES string of the molecule is CNCC1CCCN(S(=O)(=O)c2cc(C)ccc2Cl)C1.Cl. The van der Waals surface area contributed by atoms with Crippen molar-refractivity contribution in [1.82, 2.24) is 9.62 Å². The molecule has 4 nitrogen and oxygen atoms in total. The third kappa shape index (κ3) is 4.33. The zero-order chi connectivity index (χ0) is 14.8. The van der Waals surface area contributed by atoms with E-state index in [4.69, 9.17) is 11.6 Å². The molecule has 1 fully saturated rings. The average molecular weight is 353 g/mol. The van der Waals surface area contributed by atoms with Crippen LogP contribution in [0.1, 0.15) is 18.4 Å². The number of benzene rings is 1. The van der Waals surface area contributed by atoms with Crippen molar-refractivity contribution in [3.8, 4) is 0 Å². The van der Waals surface area contributed by atoms with Crippen molar-refractivity contribution in [2.75, 3.05) is 26.7 Å². The van der Waals surface area contributed by atoms with Gasteiger partial charge in [0.15, 0.2) is 0 Å². The lowest BCUT2D eigenvalue weighted by Gasteiger charge is -2.32. The predicted octanol–water partition coefficient (Wildman–Crippen LogP) is 2.69. The molecule has 1 saturated heterocycles. The van der Waals surface area contributed by atoms with E-state index >= 15 is 0 Å². The van der Waals surface area contributed by atoms with Crippen molar-refractivity contribution in [3.05, 3.63) is 28.8 Å². The fourth-order valence-corrected chi connectivity index (χ4v) is 4.76. The van der Waals surface area contributed by atoms with Crippen LogP contribution in [0.25, 0.3) is 0 Å². The maximum absolute atomic E-state index is 12.7. The first-order valence-corrected chi connectivity index (χ1v) is 8.68. The van der Waals surface area contributed by atoms with Crippen molar-refractivity contribution in [2.24, 2.45) is 5.92 Å². The number of nitrogens with one attached hydrogen (secondary N) is 1. The van der Waals surface area contributed by atoms with Gasteiger partial charge in [-0.25, -0.2) is 8.42 Å². The van der Waals surface area contributed by atoms with Crippen LogP contribution in [0, 0.1) is 12.8 Å². The highest BCUT2D eigenvalue weighted by Gasteiger charge is 2.31. The van der Waals surface area contributed by atoms with Crippen molar-refractivity contribution in [2.45, 2.75) is 24.7 Å². The van der Waals surface area contributed by atoms with Gasteiger partial charge < -0.3 is 5.32 Å². The Morgan fingerprint density at radius 1 is 1.43 bits per heavy atom. The third-order valence-corrected chi connectivity index (χ3v) is 6.03. The van der Waals surface area contributed by atoms with Crippen LogP contribution in [0.3, 0.4) is 0 Å². The van der Waals surface area contributed by atoms with Gasteiger partial charge in [-0.1, -0.05) is 17.7 Å². The monoisotopic (exact) mass is 352 g/mol. The number of rotatable bonds is 4. The summed E-state index contributed by atoms with van der Waals surface area (Å²) in [6.45, 7) is 3.85. The Bertz CT molecular complexity index is 576. The molecule has 120 valence electrons. The first kappa shape index (κ1) is 18.7. The van der Waals surface area contributed by atoms with E-state index in [1.54, 1.807) is 16.4 Å². The molecule has 1 aromatic carbocycles. The molecule has 1 atom stereocenters. The van der Waals surface area contributed by atoms with E-state index in [1.165, 1.54) is 0 Å². The zero-order valence-corrected chi connectivity index (χ0v) is 14.7. The zero-order valence-electron chi connectivity index (χ0n) is 12.3. The van der Waals surface area contributed by atoms with E-state index in [0.717, 1.165) is 24.9 Å². The van der Waals surface area contributed by atoms with Gasteiger partial charge in [0.1, 0.15) is 4.90 Å². The van der Waals surface area contributed by atoms with Crippen LogP contribution in [0.2, 0.25) is 5.02 Å². The van der Waals surface area contributed by atoms with Gasteiger partial charge in [-0.05, 0) is 57.0 Å². The molecule has 0 aromatic heterocycles. The summed E-state index contributed by atoms with van der Waals surface area (Å²) in [5, 5.41) is 3.42. The fourth-order valence-electron chi connectivity index (χ4n) is 2.65. The number of aryl methyl sites for hydroxylation is 1. The minimum atomic E-state index is -3.49. The highest BCUT2D eigenvalue weighted by Crippen LogP contribution is 2.28. The van der Waals surface area contributed by atoms with E-state index in [9.17, 15) is 8.42 Å². The van der Waals surface area contributed by atoms with Gasteiger partial charge in [0, 0.05) is 13.1 Å². The van der Waals surface area contributed by atoms with E-state index in [0.29, 0.717) is 24.0 Å². The summed E-state index contributed by atoms with van der Waals surface area (Å²) in [5.74, 6) is 0.368. The second kappa shape index (κ2) is 7.79. The first-order valence-electron chi connectivity index (χ1n) is 6.86. The lowest BCUT2D eigenvalue weighted by atomic mass is 10.00. The lowest BCUT2D eigenvalue weighted by Crippen LogP contribution is -2.42. The lowest BCUT2D eigenvalue weighted by molar-refractivity contribution is 0.263. The number of hydrogen-bond donors (Lipinski definition) is 1. The quantitative estimate of drug-likeness (QED) is 0.906. The Labute approximate surface area is 138 Å². The molecule has 1 heterocycles. The van der Waals surface area contributed by atoms with E-state index in [-0.39, 0.29) is 17.3 Å². The van der Waals surface area contributed by atoms with Crippen LogP contribution in [0.4, 0.5) is 0 Å². The third-order valence-electron chi connectivity index (χ3n) is 3.68. The molecule has 1 unspecified atom stereocenters. The Balaban J connectivity index is 0.00000220. The molecule has 1 aliphatic heterocycles. The molecule has 1 N–H and O–H groups in total.